The normalized spacial score (nSPS) is 11.2. The molecule has 0 bridgehead atoms. The topological polar surface area (TPSA) is 92.5 Å². The number of carbonyl (C=O) groups is 1. The van der Waals surface area contributed by atoms with Crippen LogP contribution in [-0.4, -0.2) is 28.1 Å². The summed E-state index contributed by atoms with van der Waals surface area (Å²) in [6.07, 6.45) is 0.409. The minimum atomic E-state index is -0.564. The van der Waals surface area contributed by atoms with Gasteiger partial charge in [-0.15, -0.1) is 0 Å². The van der Waals surface area contributed by atoms with Crippen LogP contribution in [0.25, 0.3) is 0 Å². The Bertz CT molecular complexity index is 497. The summed E-state index contributed by atoms with van der Waals surface area (Å²) in [5, 5.41) is 22.5. The average Bonchev–Trinajstić information content (AvgIpc) is 2.28. The highest BCUT2D eigenvalue weighted by Gasteiger charge is 2.22. The number of aliphatic hydroxyl groups is 1. The number of hydrogen-bond donors (Lipinski definition) is 2. The van der Waals surface area contributed by atoms with Crippen LogP contribution >= 0.6 is 0 Å². The number of aliphatic hydroxyl groups excluding tert-OH is 1. The Hall–Kier alpha value is -1.95. The van der Waals surface area contributed by atoms with Crippen molar-refractivity contribution in [3.8, 4) is 0 Å². The number of nitrogens with one attached hydrogen (secondary N) is 1. The molecule has 1 rings (SSSR count). The third kappa shape index (κ3) is 4.03. The van der Waals surface area contributed by atoms with Crippen molar-refractivity contribution in [2.45, 2.75) is 32.7 Å². The molecule has 0 aliphatic rings. The van der Waals surface area contributed by atoms with Crippen LogP contribution in [0, 0.1) is 17.0 Å². The second-order valence-electron chi connectivity index (χ2n) is 5.07. The standard InChI is InChI=1S/C13H18N2O4/c1-9-4-5-10(8-11(9)15(18)19)12(17)14-13(2,3)6-7-16/h4-5,8,16H,6-7H2,1-3H3,(H,14,17). The van der Waals surface area contributed by atoms with E-state index in [1.807, 2.05) is 0 Å². The van der Waals surface area contributed by atoms with E-state index in [9.17, 15) is 14.9 Å². The van der Waals surface area contributed by atoms with Crippen molar-refractivity contribution in [2.75, 3.05) is 6.61 Å². The van der Waals surface area contributed by atoms with Crippen LogP contribution in [0.2, 0.25) is 0 Å². The lowest BCUT2D eigenvalue weighted by Gasteiger charge is -2.25. The predicted octanol–water partition coefficient (Wildman–Crippen LogP) is 1.79. The lowest BCUT2D eigenvalue weighted by Crippen LogP contribution is -2.44. The second-order valence-corrected chi connectivity index (χ2v) is 5.07. The first-order valence-electron chi connectivity index (χ1n) is 5.95. The zero-order chi connectivity index (χ0) is 14.6. The van der Waals surface area contributed by atoms with Gasteiger partial charge in [-0.25, -0.2) is 0 Å². The Morgan fingerprint density at radius 1 is 1.47 bits per heavy atom. The molecule has 2 N–H and O–H groups in total. The van der Waals surface area contributed by atoms with Gasteiger partial charge in [-0.2, -0.15) is 0 Å². The maximum Gasteiger partial charge on any atom is 0.273 e. The third-order valence-corrected chi connectivity index (χ3v) is 2.86. The largest absolute Gasteiger partial charge is 0.396 e. The number of benzene rings is 1. The number of nitro groups is 1. The Morgan fingerprint density at radius 3 is 2.63 bits per heavy atom. The van der Waals surface area contributed by atoms with Gasteiger partial charge in [-0.1, -0.05) is 6.07 Å². The van der Waals surface area contributed by atoms with E-state index in [4.69, 9.17) is 5.11 Å². The SMILES string of the molecule is Cc1ccc(C(=O)NC(C)(C)CCO)cc1[N+](=O)[O-]. The minimum absolute atomic E-state index is 0.0404. The van der Waals surface area contributed by atoms with Gasteiger partial charge in [0.25, 0.3) is 11.6 Å². The highest BCUT2D eigenvalue weighted by Crippen LogP contribution is 2.20. The maximum atomic E-state index is 12.0. The molecule has 0 heterocycles. The Morgan fingerprint density at radius 2 is 2.11 bits per heavy atom. The lowest BCUT2D eigenvalue weighted by atomic mass is 10.00. The summed E-state index contributed by atoms with van der Waals surface area (Å²) >= 11 is 0. The van der Waals surface area contributed by atoms with Gasteiger partial charge < -0.3 is 10.4 Å². The van der Waals surface area contributed by atoms with Crippen molar-refractivity contribution in [3.63, 3.8) is 0 Å². The number of carbonyl (C=O) groups excluding carboxylic acids is 1. The number of nitro benzene ring substituents is 1. The first-order valence-corrected chi connectivity index (χ1v) is 5.95. The number of rotatable bonds is 5. The highest BCUT2D eigenvalue weighted by atomic mass is 16.6. The van der Waals surface area contributed by atoms with E-state index in [-0.39, 0.29) is 23.8 Å². The Balaban J connectivity index is 2.95. The summed E-state index contributed by atoms with van der Waals surface area (Å²) in [5.74, 6) is -0.387. The molecule has 1 aromatic rings. The quantitative estimate of drug-likeness (QED) is 0.627. The summed E-state index contributed by atoms with van der Waals surface area (Å²) < 4.78 is 0. The summed E-state index contributed by atoms with van der Waals surface area (Å²) in [4.78, 5) is 22.3. The van der Waals surface area contributed by atoms with Crippen LogP contribution in [0.3, 0.4) is 0 Å². The van der Waals surface area contributed by atoms with Gasteiger partial charge in [-0.3, -0.25) is 14.9 Å². The van der Waals surface area contributed by atoms with E-state index in [2.05, 4.69) is 5.32 Å². The molecular formula is C13H18N2O4. The molecule has 1 aromatic carbocycles. The second kappa shape index (κ2) is 5.79. The Kier molecular flexibility index (Phi) is 4.61. The summed E-state index contributed by atoms with van der Waals surface area (Å²) in [5.41, 5.74) is 0.109. The molecule has 1 amide bonds. The van der Waals surface area contributed by atoms with Crippen LogP contribution in [0.1, 0.15) is 36.2 Å². The van der Waals surface area contributed by atoms with Gasteiger partial charge in [0.15, 0.2) is 0 Å². The minimum Gasteiger partial charge on any atom is -0.396 e. The van der Waals surface area contributed by atoms with Crippen molar-refractivity contribution in [1.82, 2.24) is 5.32 Å². The highest BCUT2D eigenvalue weighted by molar-refractivity contribution is 5.95. The van der Waals surface area contributed by atoms with Crippen molar-refractivity contribution >= 4 is 11.6 Å². The molecule has 19 heavy (non-hydrogen) atoms. The summed E-state index contributed by atoms with van der Waals surface area (Å²) in [6.45, 7) is 5.14. The van der Waals surface area contributed by atoms with Gasteiger partial charge in [0.05, 0.1) is 4.92 Å². The molecule has 0 aromatic heterocycles. The molecule has 0 spiro atoms. The molecule has 0 fully saturated rings. The van der Waals surface area contributed by atoms with Gasteiger partial charge >= 0.3 is 0 Å². The van der Waals surface area contributed by atoms with Crippen LogP contribution in [0.15, 0.2) is 18.2 Å². The van der Waals surface area contributed by atoms with E-state index in [0.29, 0.717) is 12.0 Å². The fraction of sp³-hybridized carbons (Fsp3) is 0.462. The van der Waals surface area contributed by atoms with E-state index < -0.39 is 10.5 Å². The van der Waals surface area contributed by atoms with Crippen LogP contribution < -0.4 is 5.32 Å². The number of amides is 1. The number of hydrogen-bond acceptors (Lipinski definition) is 4. The van der Waals surface area contributed by atoms with Crippen molar-refractivity contribution < 1.29 is 14.8 Å². The first-order chi connectivity index (χ1) is 8.76. The zero-order valence-electron chi connectivity index (χ0n) is 11.3. The van der Waals surface area contributed by atoms with E-state index >= 15 is 0 Å². The molecule has 0 aliphatic carbocycles. The van der Waals surface area contributed by atoms with E-state index in [1.165, 1.54) is 6.07 Å². The summed E-state index contributed by atoms with van der Waals surface area (Å²) in [6, 6.07) is 4.36. The molecule has 0 atom stereocenters. The fourth-order valence-electron chi connectivity index (χ4n) is 1.67. The molecule has 0 radical (unpaired) electrons. The lowest BCUT2D eigenvalue weighted by molar-refractivity contribution is -0.385. The van der Waals surface area contributed by atoms with Crippen molar-refractivity contribution in [2.24, 2.45) is 0 Å². The van der Waals surface area contributed by atoms with Crippen LogP contribution in [0.4, 0.5) is 5.69 Å². The predicted molar refractivity (Wildman–Crippen MR) is 71.1 cm³/mol. The van der Waals surface area contributed by atoms with Crippen LogP contribution in [0.5, 0.6) is 0 Å². The molecule has 6 heteroatoms. The van der Waals surface area contributed by atoms with Gasteiger partial charge in [0.1, 0.15) is 0 Å². The van der Waals surface area contributed by atoms with Crippen LogP contribution in [-0.2, 0) is 0 Å². The van der Waals surface area contributed by atoms with Gasteiger partial charge in [0.2, 0.25) is 0 Å². The van der Waals surface area contributed by atoms with Gasteiger partial charge in [0, 0.05) is 29.3 Å². The molecule has 104 valence electrons. The fourth-order valence-corrected chi connectivity index (χ4v) is 1.67. The monoisotopic (exact) mass is 266 g/mol. The van der Waals surface area contributed by atoms with Crippen molar-refractivity contribution in [1.29, 1.82) is 0 Å². The van der Waals surface area contributed by atoms with E-state index in [1.54, 1.807) is 32.9 Å². The maximum absolute atomic E-state index is 12.0. The molecule has 0 aliphatic heterocycles. The molecule has 0 saturated heterocycles. The zero-order valence-corrected chi connectivity index (χ0v) is 11.3. The average molecular weight is 266 g/mol. The van der Waals surface area contributed by atoms with E-state index in [0.717, 1.165) is 0 Å². The smallest absolute Gasteiger partial charge is 0.273 e. The molecular weight excluding hydrogens is 248 g/mol. The summed E-state index contributed by atoms with van der Waals surface area (Å²) in [7, 11) is 0. The third-order valence-electron chi connectivity index (χ3n) is 2.86. The molecule has 6 nitrogen and oxygen atoms in total. The molecule has 0 saturated carbocycles. The first kappa shape index (κ1) is 15.1. The number of nitrogens with zero attached hydrogens (tertiary/aromatic N) is 1. The van der Waals surface area contributed by atoms with Crippen molar-refractivity contribution in [3.05, 3.63) is 39.4 Å². The van der Waals surface area contributed by atoms with Gasteiger partial charge in [-0.05, 0) is 33.3 Å². The Labute approximate surface area is 111 Å². The number of aryl methyl sites for hydroxylation is 1. The molecule has 0 unspecified atom stereocenters.